The van der Waals surface area contributed by atoms with Crippen molar-refractivity contribution in [1.82, 2.24) is 0 Å². The minimum Gasteiger partial charge on any atom is -0.324 e. The van der Waals surface area contributed by atoms with Gasteiger partial charge in [0, 0.05) is 6.04 Å². The Balaban J connectivity index is 2.19. The molecular weight excluding hydrogens is 194 g/mol. The van der Waals surface area contributed by atoms with E-state index in [0.717, 1.165) is 12.8 Å². The van der Waals surface area contributed by atoms with Crippen molar-refractivity contribution in [2.24, 2.45) is 5.73 Å². The number of benzene rings is 1. The minimum absolute atomic E-state index is 0.171. The second-order valence-corrected chi connectivity index (χ2v) is 4.28. The molecule has 0 fully saturated rings. The van der Waals surface area contributed by atoms with E-state index in [2.05, 4.69) is 49.4 Å². The Morgan fingerprint density at radius 1 is 1.19 bits per heavy atom. The molecule has 0 heterocycles. The van der Waals surface area contributed by atoms with E-state index in [1.54, 1.807) is 0 Å². The molecule has 1 aliphatic carbocycles. The minimum atomic E-state index is 0.171. The molecule has 0 amide bonds. The van der Waals surface area contributed by atoms with Gasteiger partial charge in [-0.05, 0) is 36.0 Å². The van der Waals surface area contributed by atoms with Crippen LogP contribution in [-0.4, -0.2) is 0 Å². The van der Waals surface area contributed by atoms with Gasteiger partial charge >= 0.3 is 0 Å². The van der Waals surface area contributed by atoms with Crippen LogP contribution in [0.2, 0.25) is 0 Å². The SMILES string of the molecule is CCC(N)c1ccc(C2=CCCC=C2)cc1. The maximum absolute atomic E-state index is 5.99. The Morgan fingerprint density at radius 2 is 1.94 bits per heavy atom. The molecule has 0 saturated heterocycles. The van der Waals surface area contributed by atoms with Crippen LogP contribution in [0.15, 0.2) is 42.5 Å². The van der Waals surface area contributed by atoms with Gasteiger partial charge in [0.25, 0.3) is 0 Å². The normalized spacial score (nSPS) is 17.0. The molecule has 1 unspecified atom stereocenters. The first-order valence-electron chi connectivity index (χ1n) is 6.04. The molecule has 16 heavy (non-hydrogen) atoms. The molecule has 0 aromatic heterocycles. The molecule has 2 N–H and O–H groups in total. The highest BCUT2D eigenvalue weighted by molar-refractivity contribution is 5.74. The highest BCUT2D eigenvalue weighted by atomic mass is 14.6. The van der Waals surface area contributed by atoms with Crippen LogP contribution in [0.25, 0.3) is 5.57 Å². The van der Waals surface area contributed by atoms with Gasteiger partial charge in [-0.3, -0.25) is 0 Å². The van der Waals surface area contributed by atoms with Crippen LogP contribution in [0.5, 0.6) is 0 Å². The maximum Gasteiger partial charge on any atom is 0.0292 e. The van der Waals surface area contributed by atoms with E-state index in [4.69, 9.17) is 5.73 Å². The maximum atomic E-state index is 5.99. The molecule has 0 saturated carbocycles. The van der Waals surface area contributed by atoms with Gasteiger partial charge in [-0.25, -0.2) is 0 Å². The van der Waals surface area contributed by atoms with Crippen LogP contribution < -0.4 is 5.73 Å². The van der Waals surface area contributed by atoms with Crippen molar-refractivity contribution in [2.75, 3.05) is 0 Å². The third kappa shape index (κ3) is 2.42. The predicted octanol–water partition coefficient (Wildman–Crippen LogP) is 3.83. The van der Waals surface area contributed by atoms with Crippen LogP contribution >= 0.6 is 0 Å². The first-order chi connectivity index (χ1) is 7.81. The Bertz CT molecular complexity index is 398. The third-order valence-corrected chi connectivity index (χ3v) is 3.11. The van der Waals surface area contributed by atoms with Crippen LogP contribution in [0.4, 0.5) is 0 Å². The third-order valence-electron chi connectivity index (χ3n) is 3.11. The van der Waals surface area contributed by atoms with Gasteiger partial charge in [-0.15, -0.1) is 0 Å². The Labute approximate surface area is 97.7 Å². The molecule has 1 heteroatoms. The average Bonchev–Trinajstić information content (AvgIpc) is 2.39. The molecule has 1 aliphatic rings. The van der Waals surface area contributed by atoms with Gasteiger partial charge in [0.05, 0.1) is 0 Å². The summed E-state index contributed by atoms with van der Waals surface area (Å²) < 4.78 is 0. The molecule has 1 nitrogen and oxygen atoms in total. The van der Waals surface area contributed by atoms with Crippen molar-refractivity contribution in [3.05, 3.63) is 53.6 Å². The summed E-state index contributed by atoms with van der Waals surface area (Å²) in [5.41, 5.74) is 9.85. The van der Waals surface area contributed by atoms with Crippen molar-refractivity contribution in [1.29, 1.82) is 0 Å². The summed E-state index contributed by atoms with van der Waals surface area (Å²) in [6.45, 7) is 2.12. The molecule has 1 aromatic carbocycles. The molecule has 0 bridgehead atoms. The molecule has 0 spiro atoms. The highest BCUT2D eigenvalue weighted by Gasteiger charge is 2.04. The van der Waals surface area contributed by atoms with Crippen LogP contribution in [0, 0.1) is 0 Å². The smallest absolute Gasteiger partial charge is 0.0292 e. The molecule has 1 aromatic rings. The summed E-state index contributed by atoms with van der Waals surface area (Å²) in [6, 6.07) is 8.81. The summed E-state index contributed by atoms with van der Waals surface area (Å²) in [5.74, 6) is 0. The second kappa shape index (κ2) is 5.13. The van der Waals surface area contributed by atoms with Crippen molar-refractivity contribution in [3.63, 3.8) is 0 Å². The van der Waals surface area contributed by atoms with E-state index in [-0.39, 0.29) is 6.04 Å². The zero-order valence-corrected chi connectivity index (χ0v) is 9.82. The van der Waals surface area contributed by atoms with Gasteiger partial charge in [0.1, 0.15) is 0 Å². The molecule has 84 valence electrons. The monoisotopic (exact) mass is 213 g/mol. The van der Waals surface area contributed by atoms with Crippen LogP contribution in [0.3, 0.4) is 0 Å². The Kier molecular flexibility index (Phi) is 3.58. The fourth-order valence-electron chi connectivity index (χ4n) is 1.99. The molecule has 2 rings (SSSR count). The number of allylic oxidation sites excluding steroid dienone is 4. The topological polar surface area (TPSA) is 26.0 Å². The summed E-state index contributed by atoms with van der Waals surface area (Å²) in [4.78, 5) is 0. The van der Waals surface area contributed by atoms with Gasteiger partial charge in [0.15, 0.2) is 0 Å². The molecular formula is C15H19N. The van der Waals surface area contributed by atoms with Crippen molar-refractivity contribution in [2.45, 2.75) is 32.2 Å². The lowest BCUT2D eigenvalue weighted by Gasteiger charge is -2.11. The fraction of sp³-hybridized carbons (Fsp3) is 0.333. The number of rotatable bonds is 3. The standard InChI is InChI=1S/C15H19N/c1-2-15(16)14-10-8-13(9-11-14)12-6-4-3-5-7-12/h4,6-11,15H,2-3,5,16H2,1H3. The van der Waals surface area contributed by atoms with E-state index < -0.39 is 0 Å². The first-order valence-corrected chi connectivity index (χ1v) is 6.04. The summed E-state index contributed by atoms with van der Waals surface area (Å²) in [7, 11) is 0. The van der Waals surface area contributed by atoms with E-state index in [0.29, 0.717) is 0 Å². The lowest BCUT2D eigenvalue weighted by molar-refractivity contribution is 0.698. The van der Waals surface area contributed by atoms with E-state index >= 15 is 0 Å². The summed E-state index contributed by atoms with van der Waals surface area (Å²) in [6.07, 6.45) is 10.1. The molecule has 0 aliphatic heterocycles. The van der Waals surface area contributed by atoms with Crippen LogP contribution in [-0.2, 0) is 0 Å². The van der Waals surface area contributed by atoms with Gasteiger partial charge in [0.2, 0.25) is 0 Å². The average molecular weight is 213 g/mol. The number of hydrogen-bond acceptors (Lipinski definition) is 1. The molecule has 1 atom stereocenters. The number of nitrogens with two attached hydrogens (primary N) is 1. The zero-order valence-electron chi connectivity index (χ0n) is 9.82. The molecule has 0 radical (unpaired) electrons. The van der Waals surface area contributed by atoms with Crippen molar-refractivity contribution < 1.29 is 0 Å². The van der Waals surface area contributed by atoms with Crippen molar-refractivity contribution in [3.8, 4) is 0 Å². The van der Waals surface area contributed by atoms with Gasteiger partial charge in [-0.1, -0.05) is 49.4 Å². The number of hydrogen-bond donors (Lipinski definition) is 1. The first kappa shape index (κ1) is 11.2. The fourth-order valence-corrected chi connectivity index (χ4v) is 1.99. The van der Waals surface area contributed by atoms with E-state index in [9.17, 15) is 0 Å². The lowest BCUT2D eigenvalue weighted by atomic mass is 9.97. The van der Waals surface area contributed by atoms with Crippen molar-refractivity contribution >= 4 is 5.57 Å². The van der Waals surface area contributed by atoms with Gasteiger partial charge in [-0.2, -0.15) is 0 Å². The van der Waals surface area contributed by atoms with E-state index in [1.807, 2.05) is 0 Å². The zero-order chi connectivity index (χ0) is 11.4. The van der Waals surface area contributed by atoms with Crippen LogP contribution in [0.1, 0.15) is 43.4 Å². The summed E-state index contributed by atoms with van der Waals surface area (Å²) >= 11 is 0. The Hall–Kier alpha value is -1.34. The summed E-state index contributed by atoms with van der Waals surface area (Å²) in [5, 5.41) is 0. The predicted molar refractivity (Wildman–Crippen MR) is 70.0 cm³/mol. The van der Waals surface area contributed by atoms with Gasteiger partial charge < -0.3 is 5.73 Å². The Morgan fingerprint density at radius 3 is 2.50 bits per heavy atom. The second-order valence-electron chi connectivity index (χ2n) is 4.28. The largest absolute Gasteiger partial charge is 0.324 e. The quantitative estimate of drug-likeness (QED) is 0.811. The highest BCUT2D eigenvalue weighted by Crippen LogP contribution is 2.23. The van der Waals surface area contributed by atoms with E-state index in [1.165, 1.54) is 23.1 Å². The lowest BCUT2D eigenvalue weighted by Crippen LogP contribution is -2.08.